The van der Waals surface area contributed by atoms with E-state index in [9.17, 15) is 4.79 Å². The fraction of sp³-hybridized carbons (Fsp3) is 0.467. The largest absolute Gasteiger partial charge is 0.351 e. The Bertz CT molecular complexity index is 510. The van der Waals surface area contributed by atoms with Crippen molar-refractivity contribution in [1.82, 2.24) is 5.32 Å². The molecule has 0 spiro atoms. The number of nitrogens with zero attached hydrogens (tertiary/aromatic N) is 1. The standard InChI is InChI=1S/C15H18N2O/c1-11-4-5-12(2)13(8-11)9-17-14(18)15(10-16)6-3-7-15/h4-5,8H,3,6-7,9H2,1-2H3,(H,17,18). The topological polar surface area (TPSA) is 52.9 Å². The van der Waals surface area contributed by atoms with Gasteiger partial charge in [-0.05, 0) is 44.2 Å². The molecule has 0 aromatic heterocycles. The van der Waals surface area contributed by atoms with E-state index in [1.165, 1.54) is 11.1 Å². The van der Waals surface area contributed by atoms with E-state index in [0.29, 0.717) is 19.4 Å². The van der Waals surface area contributed by atoms with Gasteiger partial charge < -0.3 is 5.32 Å². The van der Waals surface area contributed by atoms with Crippen LogP contribution < -0.4 is 5.32 Å². The molecular weight excluding hydrogens is 224 g/mol. The molecule has 0 aliphatic heterocycles. The number of benzene rings is 1. The minimum Gasteiger partial charge on any atom is -0.351 e. The third-order valence-electron chi connectivity index (χ3n) is 3.80. The molecule has 1 aliphatic carbocycles. The molecule has 0 radical (unpaired) electrons. The van der Waals surface area contributed by atoms with Crippen LogP contribution in [0.1, 0.15) is 36.0 Å². The van der Waals surface area contributed by atoms with Crippen molar-refractivity contribution in [3.05, 3.63) is 34.9 Å². The first-order valence-corrected chi connectivity index (χ1v) is 6.33. The van der Waals surface area contributed by atoms with E-state index in [1.807, 2.05) is 13.8 Å². The van der Waals surface area contributed by atoms with Gasteiger partial charge in [-0.1, -0.05) is 23.8 Å². The van der Waals surface area contributed by atoms with E-state index in [-0.39, 0.29) is 5.91 Å². The van der Waals surface area contributed by atoms with Crippen LogP contribution in [0.5, 0.6) is 0 Å². The molecule has 1 aromatic rings. The summed E-state index contributed by atoms with van der Waals surface area (Å²) in [6.45, 7) is 4.58. The fourth-order valence-electron chi connectivity index (χ4n) is 2.26. The molecule has 1 fully saturated rings. The number of nitrogens with one attached hydrogen (secondary N) is 1. The molecule has 3 nitrogen and oxygen atoms in total. The highest BCUT2D eigenvalue weighted by molar-refractivity contribution is 5.86. The summed E-state index contributed by atoms with van der Waals surface area (Å²) in [5.74, 6) is -0.114. The first kappa shape index (κ1) is 12.6. The van der Waals surface area contributed by atoms with Crippen molar-refractivity contribution in [3.8, 4) is 6.07 Å². The van der Waals surface area contributed by atoms with Gasteiger partial charge in [-0.2, -0.15) is 5.26 Å². The number of carbonyl (C=O) groups excluding carboxylic acids is 1. The highest BCUT2D eigenvalue weighted by Crippen LogP contribution is 2.40. The van der Waals surface area contributed by atoms with E-state index in [4.69, 9.17) is 5.26 Å². The van der Waals surface area contributed by atoms with Crippen molar-refractivity contribution < 1.29 is 4.79 Å². The van der Waals surface area contributed by atoms with Crippen LogP contribution in [0.3, 0.4) is 0 Å². The monoisotopic (exact) mass is 242 g/mol. The number of amides is 1. The van der Waals surface area contributed by atoms with Crippen LogP contribution in [0.25, 0.3) is 0 Å². The van der Waals surface area contributed by atoms with Crippen LogP contribution in [-0.2, 0) is 11.3 Å². The molecule has 1 amide bonds. The van der Waals surface area contributed by atoms with E-state index in [2.05, 4.69) is 29.6 Å². The van der Waals surface area contributed by atoms with Crippen molar-refractivity contribution >= 4 is 5.91 Å². The smallest absolute Gasteiger partial charge is 0.240 e. The molecule has 2 rings (SSSR count). The quantitative estimate of drug-likeness (QED) is 0.885. The molecule has 0 bridgehead atoms. The number of hydrogen-bond acceptors (Lipinski definition) is 2. The molecule has 0 atom stereocenters. The van der Waals surface area contributed by atoms with Crippen LogP contribution in [-0.4, -0.2) is 5.91 Å². The molecule has 94 valence electrons. The maximum atomic E-state index is 12.0. The van der Waals surface area contributed by atoms with Gasteiger partial charge in [-0.15, -0.1) is 0 Å². The van der Waals surface area contributed by atoms with E-state index < -0.39 is 5.41 Å². The molecule has 0 saturated heterocycles. The van der Waals surface area contributed by atoms with Crippen molar-refractivity contribution in [2.24, 2.45) is 5.41 Å². The van der Waals surface area contributed by atoms with Crippen LogP contribution in [0.4, 0.5) is 0 Å². The SMILES string of the molecule is Cc1ccc(C)c(CNC(=O)C2(C#N)CCC2)c1. The second-order valence-electron chi connectivity index (χ2n) is 5.16. The highest BCUT2D eigenvalue weighted by atomic mass is 16.2. The van der Waals surface area contributed by atoms with Crippen molar-refractivity contribution in [2.75, 3.05) is 0 Å². The zero-order chi connectivity index (χ0) is 13.2. The summed E-state index contributed by atoms with van der Waals surface area (Å²) in [5.41, 5.74) is 2.72. The molecule has 0 heterocycles. The maximum Gasteiger partial charge on any atom is 0.240 e. The van der Waals surface area contributed by atoms with Crippen LogP contribution >= 0.6 is 0 Å². The lowest BCUT2D eigenvalue weighted by Crippen LogP contribution is -2.44. The molecule has 0 unspecified atom stereocenters. The van der Waals surface area contributed by atoms with E-state index in [0.717, 1.165) is 12.0 Å². The van der Waals surface area contributed by atoms with Gasteiger partial charge in [0.1, 0.15) is 5.41 Å². The maximum absolute atomic E-state index is 12.0. The van der Waals surface area contributed by atoms with Crippen molar-refractivity contribution in [2.45, 2.75) is 39.7 Å². The fourth-order valence-corrected chi connectivity index (χ4v) is 2.26. The summed E-state index contributed by atoms with van der Waals surface area (Å²) in [4.78, 5) is 12.0. The number of hydrogen-bond donors (Lipinski definition) is 1. The predicted molar refractivity (Wildman–Crippen MR) is 69.7 cm³/mol. The normalized spacial score (nSPS) is 16.5. The van der Waals surface area contributed by atoms with Crippen molar-refractivity contribution in [1.29, 1.82) is 5.26 Å². The summed E-state index contributed by atoms with van der Waals surface area (Å²) >= 11 is 0. The average molecular weight is 242 g/mol. The highest BCUT2D eigenvalue weighted by Gasteiger charge is 2.44. The summed E-state index contributed by atoms with van der Waals surface area (Å²) in [6.07, 6.45) is 2.37. The Morgan fingerprint density at radius 3 is 2.72 bits per heavy atom. The lowest BCUT2D eigenvalue weighted by molar-refractivity contribution is -0.131. The van der Waals surface area contributed by atoms with Gasteiger partial charge in [-0.25, -0.2) is 0 Å². The first-order chi connectivity index (χ1) is 8.57. The minimum atomic E-state index is -0.752. The molecule has 1 aromatic carbocycles. The van der Waals surface area contributed by atoms with Gasteiger partial charge in [0.2, 0.25) is 5.91 Å². The van der Waals surface area contributed by atoms with Gasteiger partial charge >= 0.3 is 0 Å². The van der Waals surface area contributed by atoms with E-state index >= 15 is 0 Å². The zero-order valence-corrected chi connectivity index (χ0v) is 10.9. The Labute approximate surface area is 108 Å². The van der Waals surface area contributed by atoms with Gasteiger partial charge in [0.05, 0.1) is 6.07 Å². The average Bonchev–Trinajstić information content (AvgIpc) is 2.29. The first-order valence-electron chi connectivity index (χ1n) is 6.33. The molecule has 18 heavy (non-hydrogen) atoms. The Kier molecular flexibility index (Phi) is 3.38. The van der Waals surface area contributed by atoms with E-state index in [1.54, 1.807) is 0 Å². The second-order valence-corrected chi connectivity index (χ2v) is 5.16. The Balaban J connectivity index is 2.02. The predicted octanol–water partition coefficient (Wildman–Crippen LogP) is 2.61. The van der Waals surface area contributed by atoms with Crippen LogP contribution in [0, 0.1) is 30.6 Å². The third kappa shape index (κ3) is 2.24. The Morgan fingerprint density at radius 1 is 1.44 bits per heavy atom. The number of rotatable bonds is 3. The lowest BCUT2D eigenvalue weighted by atomic mass is 9.69. The Morgan fingerprint density at radius 2 is 2.17 bits per heavy atom. The minimum absolute atomic E-state index is 0.114. The lowest BCUT2D eigenvalue weighted by Gasteiger charge is -2.33. The zero-order valence-electron chi connectivity index (χ0n) is 10.9. The van der Waals surface area contributed by atoms with Gasteiger partial charge in [0.25, 0.3) is 0 Å². The number of aryl methyl sites for hydroxylation is 2. The van der Waals surface area contributed by atoms with Gasteiger partial charge in [0, 0.05) is 6.54 Å². The summed E-state index contributed by atoms with van der Waals surface area (Å²) in [7, 11) is 0. The summed E-state index contributed by atoms with van der Waals surface area (Å²) in [5, 5.41) is 12.0. The second kappa shape index (κ2) is 4.81. The number of carbonyl (C=O) groups is 1. The third-order valence-corrected chi connectivity index (χ3v) is 3.80. The summed E-state index contributed by atoms with van der Waals surface area (Å²) in [6, 6.07) is 8.36. The molecule has 1 aliphatic rings. The molecule has 1 N–H and O–H groups in total. The van der Waals surface area contributed by atoms with Gasteiger partial charge in [-0.3, -0.25) is 4.79 Å². The molecular formula is C15H18N2O. The molecule has 3 heteroatoms. The molecule has 1 saturated carbocycles. The van der Waals surface area contributed by atoms with Crippen LogP contribution in [0.2, 0.25) is 0 Å². The summed E-state index contributed by atoms with van der Waals surface area (Å²) < 4.78 is 0. The number of nitriles is 1. The van der Waals surface area contributed by atoms with Gasteiger partial charge in [0.15, 0.2) is 0 Å². The van der Waals surface area contributed by atoms with Crippen LogP contribution in [0.15, 0.2) is 18.2 Å². The Hall–Kier alpha value is -1.82. The van der Waals surface area contributed by atoms with Crippen molar-refractivity contribution in [3.63, 3.8) is 0 Å².